The second kappa shape index (κ2) is 8.04. The highest BCUT2D eigenvalue weighted by Gasteiger charge is 2.28. The van der Waals surface area contributed by atoms with Gasteiger partial charge in [-0.3, -0.25) is 9.59 Å². The molecule has 1 aliphatic rings. The molecule has 0 aliphatic carbocycles. The molecule has 5 heteroatoms. The van der Waals surface area contributed by atoms with Gasteiger partial charge in [0.25, 0.3) is 0 Å². The zero-order valence-corrected chi connectivity index (χ0v) is 14.9. The van der Waals surface area contributed by atoms with Gasteiger partial charge in [-0.1, -0.05) is 50.6 Å². The molecule has 1 heterocycles. The number of Topliss-reactive ketones (excluding diaryl/α,β-unsaturated/α-hetero) is 1. The van der Waals surface area contributed by atoms with Crippen molar-refractivity contribution >= 4 is 11.8 Å². The molecule has 5 nitrogen and oxygen atoms in total. The highest BCUT2D eigenvalue weighted by molar-refractivity contribution is 5.98. The standard InChI is InChI=1S/C21H22O5/c1-3-14(2)20(15-7-5-4-6-8-15)21(23)24-12-17(22)16-9-10-18-19(11-16)26-13-25-18/h4-11,14,20H,3,12-13H2,1-2H3. The summed E-state index contributed by atoms with van der Waals surface area (Å²) in [5.74, 6) is 0.229. The number of rotatable bonds is 7. The molecule has 0 aromatic heterocycles. The summed E-state index contributed by atoms with van der Waals surface area (Å²) in [6.45, 7) is 3.90. The van der Waals surface area contributed by atoms with Crippen molar-refractivity contribution in [2.45, 2.75) is 26.2 Å². The van der Waals surface area contributed by atoms with Crippen LogP contribution >= 0.6 is 0 Å². The van der Waals surface area contributed by atoms with Crippen LogP contribution in [-0.4, -0.2) is 25.2 Å². The molecule has 0 fully saturated rings. The third-order valence-electron chi connectivity index (χ3n) is 4.67. The van der Waals surface area contributed by atoms with Gasteiger partial charge >= 0.3 is 5.97 Å². The van der Waals surface area contributed by atoms with Crippen LogP contribution in [0.25, 0.3) is 0 Å². The molecule has 0 radical (unpaired) electrons. The number of ether oxygens (including phenoxy) is 3. The molecule has 26 heavy (non-hydrogen) atoms. The number of hydrogen-bond acceptors (Lipinski definition) is 5. The third kappa shape index (κ3) is 3.87. The van der Waals surface area contributed by atoms with Crippen molar-refractivity contribution < 1.29 is 23.8 Å². The molecular weight excluding hydrogens is 332 g/mol. The number of esters is 1. The number of carbonyl (C=O) groups excluding carboxylic acids is 2. The van der Waals surface area contributed by atoms with Crippen molar-refractivity contribution in [3.63, 3.8) is 0 Å². The number of carbonyl (C=O) groups is 2. The Morgan fingerprint density at radius 3 is 2.54 bits per heavy atom. The first-order chi connectivity index (χ1) is 12.6. The lowest BCUT2D eigenvalue weighted by Crippen LogP contribution is -2.24. The minimum Gasteiger partial charge on any atom is -0.457 e. The molecule has 0 amide bonds. The van der Waals surface area contributed by atoms with Crippen LogP contribution in [0, 0.1) is 5.92 Å². The maximum absolute atomic E-state index is 12.6. The number of hydrogen-bond donors (Lipinski definition) is 0. The van der Waals surface area contributed by atoms with E-state index in [0.29, 0.717) is 17.1 Å². The third-order valence-corrected chi connectivity index (χ3v) is 4.67. The Morgan fingerprint density at radius 1 is 1.08 bits per heavy atom. The summed E-state index contributed by atoms with van der Waals surface area (Å²) in [6.07, 6.45) is 0.838. The van der Waals surface area contributed by atoms with Crippen molar-refractivity contribution in [3.8, 4) is 11.5 Å². The van der Waals surface area contributed by atoms with E-state index in [9.17, 15) is 9.59 Å². The summed E-state index contributed by atoms with van der Waals surface area (Å²) in [7, 11) is 0. The van der Waals surface area contributed by atoms with E-state index in [1.54, 1.807) is 18.2 Å². The van der Waals surface area contributed by atoms with Crippen LogP contribution in [0.2, 0.25) is 0 Å². The van der Waals surface area contributed by atoms with Crippen LogP contribution in [0.5, 0.6) is 11.5 Å². The van der Waals surface area contributed by atoms with Crippen molar-refractivity contribution in [1.82, 2.24) is 0 Å². The van der Waals surface area contributed by atoms with Gasteiger partial charge in [-0.05, 0) is 29.7 Å². The molecule has 2 aromatic carbocycles. The van der Waals surface area contributed by atoms with Crippen molar-refractivity contribution in [2.75, 3.05) is 13.4 Å². The Kier molecular flexibility index (Phi) is 5.56. The molecule has 0 spiro atoms. The summed E-state index contributed by atoms with van der Waals surface area (Å²) in [5, 5.41) is 0. The Hall–Kier alpha value is -2.82. The number of benzene rings is 2. The SMILES string of the molecule is CCC(C)C(C(=O)OCC(=O)c1ccc2c(c1)OCO2)c1ccccc1. The summed E-state index contributed by atoms with van der Waals surface area (Å²) >= 11 is 0. The predicted octanol–water partition coefficient (Wildman–Crippen LogP) is 3.97. The minimum atomic E-state index is -0.384. The van der Waals surface area contributed by atoms with E-state index < -0.39 is 0 Å². The molecule has 2 aromatic rings. The number of fused-ring (bicyclic) bond motifs is 1. The first-order valence-corrected chi connectivity index (χ1v) is 8.74. The largest absolute Gasteiger partial charge is 0.457 e. The van der Waals surface area contributed by atoms with Crippen LogP contribution in [-0.2, 0) is 9.53 Å². The van der Waals surface area contributed by atoms with Gasteiger partial charge in [0.05, 0.1) is 5.92 Å². The monoisotopic (exact) mass is 354 g/mol. The van der Waals surface area contributed by atoms with E-state index in [4.69, 9.17) is 14.2 Å². The molecule has 0 bridgehead atoms. The van der Waals surface area contributed by atoms with E-state index >= 15 is 0 Å². The second-order valence-corrected chi connectivity index (χ2v) is 6.37. The van der Waals surface area contributed by atoms with Gasteiger partial charge in [-0.25, -0.2) is 0 Å². The predicted molar refractivity (Wildman–Crippen MR) is 96.5 cm³/mol. The van der Waals surface area contributed by atoms with Gasteiger partial charge in [0, 0.05) is 5.56 Å². The van der Waals surface area contributed by atoms with Crippen LogP contribution < -0.4 is 9.47 Å². The van der Waals surface area contributed by atoms with Gasteiger partial charge in [-0.15, -0.1) is 0 Å². The molecule has 3 rings (SSSR count). The van der Waals surface area contributed by atoms with Gasteiger partial charge in [0.2, 0.25) is 6.79 Å². The fraction of sp³-hybridized carbons (Fsp3) is 0.333. The van der Waals surface area contributed by atoms with Gasteiger partial charge in [0.15, 0.2) is 23.9 Å². The van der Waals surface area contributed by atoms with Crippen LogP contribution in [0.15, 0.2) is 48.5 Å². The highest BCUT2D eigenvalue weighted by atomic mass is 16.7. The molecule has 136 valence electrons. The average Bonchev–Trinajstić information content (AvgIpc) is 3.14. The van der Waals surface area contributed by atoms with Crippen molar-refractivity contribution in [2.24, 2.45) is 5.92 Å². The van der Waals surface area contributed by atoms with Gasteiger partial charge < -0.3 is 14.2 Å². The number of ketones is 1. The lowest BCUT2D eigenvalue weighted by Gasteiger charge is -2.21. The summed E-state index contributed by atoms with van der Waals surface area (Å²) < 4.78 is 15.9. The molecule has 0 saturated heterocycles. The topological polar surface area (TPSA) is 61.8 Å². The maximum Gasteiger partial charge on any atom is 0.314 e. The molecule has 0 N–H and O–H groups in total. The zero-order valence-electron chi connectivity index (χ0n) is 14.9. The minimum absolute atomic E-state index is 0.116. The Bertz CT molecular complexity index is 784. The van der Waals surface area contributed by atoms with Crippen LogP contribution in [0.3, 0.4) is 0 Å². The van der Waals surface area contributed by atoms with E-state index in [0.717, 1.165) is 12.0 Å². The summed E-state index contributed by atoms with van der Waals surface area (Å²) in [4.78, 5) is 25.0. The molecule has 1 aliphatic heterocycles. The smallest absolute Gasteiger partial charge is 0.314 e. The van der Waals surface area contributed by atoms with Crippen molar-refractivity contribution in [3.05, 3.63) is 59.7 Å². The Labute approximate surface area is 152 Å². The van der Waals surface area contributed by atoms with E-state index in [2.05, 4.69) is 0 Å². The van der Waals surface area contributed by atoms with Crippen LogP contribution in [0.1, 0.15) is 42.1 Å². The van der Waals surface area contributed by atoms with E-state index in [1.165, 1.54) is 0 Å². The fourth-order valence-electron chi connectivity index (χ4n) is 2.97. The van der Waals surface area contributed by atoms with Gasteiger partial charge in [0.1, 0.15) is 0 Å². The zero-order chi connectivity index (χ0) is 18.5. The first-order valence-electron chi connectivity index (χ1n) is 8.74. The molecule has 2 unspecified atom stereocenters. The second-order valence-electron chi connectivity index (χ2n) is 6.37. The van der Waals surface area contributed by atoms with Gasteiger partial charge in [-0.2, -0.15) is 0 Å². The maximum atomic E-state index is 12.6. The average molecular weight is 354 g/mol. The molecule has 2 atom stereocenters. The normalized spacial score (nSPS) is 14.5. The lowest BCUT2D eigenvalue weighted by molar-refractivity contribution is -0.145. The Morgan fingerprint density at radius 2 is 1.81 bits per heavy atom. The first kappa shape index (κ1) is 18.0. The van der Waals surface area contributed by atoms with Crippen molar-refractivity contribution in [1.29, 1.82) is 0 Å². The highest BCUT2D eigenvalue weighted by Crippen LogP contribution is 2.33. The molecule has 0 saturated carbocycles. The fourth-order valence-corrected chi connectivity index (χ4v) is 2.97. The molecular formula is C21H22O5. The van der Waals surface area contributed by atoms with E-state index in [-0.39, 0.29) is 37.0 Å². The summed E-state index contributed by atoms with van der Waals surface area (Å²) in [6, 6.07) is 14.5. The summed E-state index contributed by atoms with van der Waals surface area (Å²) in [5.41, 5.74) is 1.34. The van der Waals surface area contributed by atoms with E-state index in [1.807, 2.05) is 44.2 Å². The Balaban J connectivity index is 1.67. The quantitative estimate of drug-likeness (QED) is 0.556. The van der Waals surface area contributed by atoms with Crippen LogP contribution in [0.4, 0.5) is 0 Å². The lowest BCUT2D eigenvalue weighted by atomic mass is 9.85.